The summed E-state index contributed by atoms with van der Waals surface area (Å²) in [6.45, 7) is 2.76. The lowest BCUT2D eigenvalue weighted by Crippen LogP contribution is -2.68. The van der Waals surface area contributed by atoms with Crippen molar-refractivity contribution in [2.75, 3.05) is 40.3 Å². The van der Waals surface area contributed by atoms with Crippen LogP contribution in [0.4, 0.5) is 0 Å². The monoisotopic (exact) mass is 461 g/mol. The Morgan fingerprint density at radius 3 is 2.15 bits per heavy atom. The van der Waals surface area contributed by atoms with Gasteiger partial charge in [-0.15, -0.1) is 0 Å². The molecule has 6 nitrogen and oxygen atoms in total. The molecule has 2 aromatic carbocycles. The van der Waals surface area contributed by atoms with E-state index in [9.17, 15) is 14.7 Å². The van der Waals surface area contributed by atoms with Gasteiger partial charge in [0, 0.05) is 56.7 Å². The Labute approximate surface area is 202 Å². The molecule has 3 fully saturated rings. The first-order valence-corrected chi connectivity index (χ1v) is 12.6. The van der Waals surface area contributed by atoms with Crippen molar-refractivity contribution in [2.24, 2.45) is 5.92 Å². The van der Waals surface area contributed by atoms with Crippen LogP contribution in [0.1, 0.15) is 47.5 Å². The molecule has 0 bridgehead atoms. The van der Waals surface area contributed by atoms with Crippen molar-refractivity contribution in [3.8, 4) is 11.1 Å². The number of aliphatic hydroxyl groups is 1. The van der Waals surface area contributed by atoms with Gasteiger partial charge in [0.25, 0.3) is 5.91 Å². The SMILES string of the molecule is CN(C)C(=O)c1ccc(-c2ccc([C@H]3[C@H](CO)N4CCCCN(C(=O)C5CC5)C[C@@H]34)cc2)cc1. The molecule has 5 rings (SSSR count). The van der Waals surface area contributed by atoms with Crippen molar-refractivity contribution >= 4 is 11.8 Å². The summed E-state index contributed by atoms with van der Waals surface area (Å²) in [5.74, 6) is 0.810. The van der Waals surface area contributed by atoms with Crippen LogP contribution >= 0.6 is 0 Å². The predicted octanol–water partition coefficient (Wildman–Crippen LogP) is 3.22. The molecular formula is C28H35N3O3. The number of carbonyl (C=O) groups is 2. The average Bonchev–Trinajstić information content (AvgIpc) is 3.68. The van der Waals surface area contributed by atoms with E-state index in [1.807, 2.05) is 24.3 Å². The van der Waals surface area contributed by atoms with E-state index in [0.29, 0.717) is 11.5 Å². The van der Waals surface area contributed by atoms with Crippen molar-refractivity contribution < 1.29 is 14.7 Å². The summed E-state index contributed by atoms with van der Waals surface area (Å²) in [6.07, 6.45) is 4.19. The molecule has 180 valence electrons. The van der Waals surface area contributed by atoms with E-state index in [2.05, 4.69) is 34.1 Å². The number of rotatable bonds is 5. The number of carbonyl (C=O) groups excluding carboxylic acids is 2. The first kappa shape index (κ1) is 23.1. The second kappa shape index (κ2) is 9.51. The van der Waals surface area contributed by atoms with Crippen LogP contribution in [0, 0.1) is 5.92 Å². The summed E-state index contributed by atoms with van der Waals surface area (Å²) in [4.78, 5) is 31.1. The van der Waals surface area contributed by atoms with Crippen molar-refractivity contribution in [3.63, 3.8) is 0 Å². The van der Waals surface area contributed by atoms with Crippen molar-refractivity contribution in [2.45, 2.75) is 43.7 Å². The van der Waals surface area contributed by atoms with Gasteiger partial charge in [-0.05, 0) is 61.1 Å². The highest BCUT2D eigenvalue weighted by atomic mass is 16.3. The fourth-order valence-electron chi connectivity index (χ4n) is 5.69. The molecule has 1 aliphatic carbocycles. The van der Waals surface area contributed by atoms with Gasteiger partial charge in [-0.25, -0.2) is 0 Å². The quantitative estimate of drug-likeness (QED) is 0.743. The summed E-state index contributed by atoms with van der Waals surface area (Å²) >= 11 is 0. The van der Waals surface area contributed by atoms with Crippen molar-refractivity contribution in [3.05, 3.63) is 59.7 Å². The third kappa shape index (κ3) is 4.37. The summed E-state index contributed by atoms with van der Waals surface area (Å²) in [6, 6.07) is 16.7. The number of hydrogen-bond donors (Lipinski definition) is 1. The molecule has 0 spiro atoms. The first-order chi connectivity index (χ1) is 16.5. The summed E-state index contributed by atoms with van der Waals surface area (Å²) < 4.78 is 0. The van der Waals surface area contributed by atoms with Gasteiger partial charge >= 0.3 is 0 Å². The minimum atomic E-state index is -0.0000999. The summed E-state index contributed by atoms with van der Waals surface area (Å²) in [5.41, 5.74) is 4.08. The molecular weight excluding hydrogens is 426 g/mol. The Morgan fingerprint density at radius 1 is 0.941 bits per heavy atom. The summed E-state index contributed by atoms with van der Waals surface area (Å²) in [5, 5.41) is 10.2. The average molecular weight is 462 g/mol. The Hall–Kier alpha value is -2.70. The lowest BCUT2D eigenvalue weighted by atomic mass is 9.74. The molecule has 6 heteroatoms. The maximum absolute atomic E-state index is 12.8. The topological polar surface area (TPSA) is 64.1 Å². The Morgan fingerprint density at radius 2 is 1.56 bits per heavy atom. The number of nitrogens with zero attached hydrogens (tertiary/aromatic N) is 3. The normalized spacial score (nSPS) is 25.0. The highest BCUT2D eigenvalue weighted by molar-refractivity contribution is 5.94. The third-order valence-electron chi connectivity index (χ3n) is 7.78. The van der Waals surface area contributed by atoms with Crippen LogP contribution < -0.4 is 0 Å². The molecule has 1 N–H and O–H groups in total. The van der Waals surface area contributed by atoms with E-state index in [1.54, 1.807) is 19.0 Å². The van der Waals surface area contributed by atoms with E-state index in [0.717, 1.165) is 56.4 Å². The van der Waals surface area contributed by atoms with Gasteiger partial charge in [-0.2, -0.15) is 0 Å². The Balaban J connectivity index is 1.34. The van der Waals surface area contributed by atoms with E-state index in [1.165, 1.54) is 5.56 Å². The molecule has 2 aromatic rings. The van der Waals surface area contributed by atoms with Crippen molar-refractivity contribution in [1.82, 2.24) is 14.7 Å². The Kier molecular flexibility index (Phi) is 6.45. The zero-order valence-corrected chi connectivity index (χ0v) is 20.2. The van der Waals surface area contributed by atoms with Gasteiger partial charge < -0.3 is 14.9 Å². The minimum Gasteiger partial charge on any atom is -0.395 e. The summed E-state index contributed by atoms with van der Waals surface area (Å²) in [7, 11) is 3.51. The van der Waals surface area contributed by atoms with Crippen LogP contribution in [0.3, 0.4) is 0 Å². The molecule has 3 aliphatic rings. The molecule has 0 unspecified atom stereocenters. The molecule has 0 radical (unpaired) electrons. The molecule has 2 heterocycles. The van der Waals surface area contributed by atoms with Crippen LogP contribution in [-0.4, -0.2) is 84.0 Å². The number of hydrogen-bond acceptors (Lipinski definition) is 4. The maximum Gasteiger partial charge on any atom is 0.253 e. The van der Waals surface area contributed by atoms with Gasteiger partial charge in [-0.3, -0.25) is 14.5 Å². The molecule has 2 saturated heterocycles. The molecule has 34 heavy (non-hydrogen) atoms. The zero-order valence-electron chi connectivity index (χ0n) is 20.2. The predicted molar refractivity (Wildman–Crippen MR) is 133 cm³/mol. The number of aliphatic hydroxyl groups excluding tert-OH is 1. The van der Waals surface area contributed by atoms with Crippen molar-refractivity contribution in [1.29, 1.82) is 0 Å². The number of amides is 2. The first-order valence-electron chi connectivity index (χ1n) is 12.6. The largest absolute Gasteiger partial charge is 0.395 e. The highest BCUT2D eigenvalue weighted by Crippen LogP contribution is 2.43. The maximum atomic E-state index is 12.8. The van der Waals surface area contributed by atoms with E-state index >= 15 is 0 Å². The van der Waals surface area contributed by atoms with Crippen LogP contribution in [-0.2, 0) is 4.79 Å². The highest BCUT2D eigenvalue weighted by Gasteiger charge is 2.50. The Bertz CT molecular complexity index is 1030. The fraction of sp³-hybridized carbons (Fsp3) is 0.500. The minimum absolute atomic E-state index is 0.0000999. The van der Waals surface area contributed by atoms with Gasteiger partial charge in [0.2, 0.25) is 5.91 Å². The van der Waals surface area contributed by atoms with E-state index in [4.69, 9.17) is 0 Å². The second-order valence-electron chi connectivity index (χ2n) is 10.2. The number of fused-ring (bicyclic) bond motifs is 1. The van der Waals surface area contributed by atoms with Gasteiger partial charge in [0.15, 0.2) is 0 Å². The van der Waals surface area contributed by atoms with Gasteiger partial charge in [0.1, 0.15) is 0 Å². The van der Waals surface area contributed by atoms with Gasteiger partial charge in [-0.1, -0.05) is 36.4 Å². The van der Waals surface area contributed by atoms with Crippen LogP contribution in [0.25, 0.3) is 11.1 Å². The smallest absolute Gasteiger partial charge is 0.253 e. The lowest BCUT2D eigenvalue weighted by molar-refractivity contribution is -0.137. The van der Waals surface area contributed by atoms with Crippen LogP contribution in [0.5, 0.6) is 0 Å². The molecule has 3 atom stereocenters. The van der Waals surface area contributed by atoms with E-state index in [-0.39, 0.29) is 36.4 Å². The standard InChI is InChI=1S/C28H35N3O3/c1-29(2)27(33)22-11-7-20(8-12-22)19-5-9-21(10-6-19)26-24-17-30(28(34)23-13-14-23)15-3-4-16-31(24)25(26)18-32/h5-12,23-26,32H,3-4,13-18H2,1-2H3/t24-,25-,26+/m0/s1. The third-order valence-corrected chi connectivity index (χ3v) is 7.78. The molecule has 1 saturated carbocycles. The molecule has 2 amide bonds. The number of benzene rings is 2. The molecule has 2 aliphatic heterocycles. The zero-order chi connectivity index (χ0) is 23.8. The second-order valence-corrected chi connectivity index (χ2v) is 10.2. The van der Waals surface area contributed by atoms with Crippen LogP contribution in [0.15, 0.2) is 48.5 Å². The molecule has 0 aromatic heterocycles. The van der Waals surface area contributed by atoms with Gasteiger partial charge in [0.05, 0.1) is 6.61 Å². The lowest BCUT2D eigenvalue weighted by Gasteiger charge is -2.57. The fourth-order valence-corrected chi connectivity index (χ4v) is 5.69. The van der Waals surface area contributed by atoms with E-state index < -0.39 is 0 Å². The van der Waals surface area contributed by atoms with Crippen LogP contribution in [0.2, 0.25) is 0 Å².